The molecule has 0 bridgehead atoms. The highest BCUT2D eigenvalue weighted by molar-refractivity contribution is 4.82. The molecule has 0 aromatic carbocycles. The fourth-order valence-electron chi connectivity index (χ4n) is 1.09. The topological polar surface area (TPSA) is 21.3 Å². The van der Waals surface area contributed by atoms with Crippen molar-refractivity contribution in [1.29, 1.82) is 0 Å². The van der Waals surface area contributed by atoms with E-state index in [2.05, 4.69) is 16.0 Å². The van der Waals surface area contributed by atoms with Gasteiger partial charge in [0.2, 0.25) is 0 Å². The van der Waals surface area contributed by atoms with E-state index in [0.717, 1.165) is 25.8 Å². The normalized spacial score (nSPS) is 11.4. The van der Waals surface area contributed by atoms with Crippen molar-refractivity contribution in [2.24, 2.45) is 0 Å². The first kappa shape index (κ1) is 15.3. The predicted molar refractivity (Wildman–Crippen MR) is 57.0 cm³/mol. The Morgan fingerprint density at radius 3 is 2.44 bits per heavy atom. The Hall–Kier alpha value is -0.730. The van der Waals surface area contributed by atoms with Gasteiger partial charge in [-0.05, 0) is 32.4 Å². The number of ether oxygens (including phenoxy) is 1. The van der Waals surface area contributed by atoms with Crippen molar-refractivity contribution in [1.82, 2.24) is 5.32 Å². The van der Waals surface area contributed by atoms with Crippen molar-refractivity contribution in [3.05, 3.63) is 0 Å². The van der Waals surface area contributed by atoms with Gasteiger partial charge in [0.1, 0.15) is 6.61 Å². The molecule has 0 aromatic heterocycles. The summed E-state index contributed by atoms with van der Waals surface area (Å²) in [5.41, 5.74) is 0. The minimum absolute atomic E-state index is 0.136. The Morgan fingerprint density at radius 1 is 1.12 bits per heavy atom. The molecule has 0 amide bonds. The summed E-state index contributed by atoms with van der Waals surface area (Å²) in [6.07, 6.45) is 4.20. The summed E-state index contributed by atoms with van der Waals surface area (Å²) in [5, 5.41) is 3.11. The molecule has 2 nitrogen and oxygen atoms in total. The lowest BCUT2D eigenvalue weighted by atomic mass is 10.2. The summed E-state index contributed by atoms with van der Waals surface area (Å²) in [4.78, 5) is 0. The van der Waals surface area contributed by atoms with Crippen LogP contribution in [0.15, 0.2) is 0 Å². The van der Waals surface area contributed by atoms with Crippen LogP contribution in [0.2, 0.25) is 0 Å². The van der Waals surface area contributed by atoms with Crippen LogP contribution in [-0.2, 0) is 4.74 Å². The van der Waals surface area contributed by atoms with Gasteiger partial charge in [0, 0.05) is 13.0 Å². The fraction of sp³-hybridized carbons (Fsp3) is 0.818. The maximum atomic E-state index is 11.6. The third-order valence-corrected chi connectivity index (χ3v) is 1.83. The molecule has 0 heterocycles. The van der Waals surface area contributed by atoms with Crippen LogP contribution in [0.3, 0.4) is 0 Å². The molecule has 0 aliphatic rings. The summed E-state index contributed by atoms with van der Waals surface area (Å²) in [6.45, 7) is 0.501. The molecule has 5 heteroatoms. The maximum absolute atomic E-state index is 11.6. The number of halogens is 3. The molecular formula is C11H18F3NO. The number of hydrogen-bond donors (Lipinski definition) is 1. The lowest BCUT2D eigenvalue weighted by molar-refractivity contribution is -0.173. The van der Waals surface area contributed by atoms with Crippen LogP contribution in [0.25, 0.3) is 0 Å². The van der Waals surface area contributed by atoms with Crippen LogP contribution < -0.4 is 5.32 Å². The second-order valence-electron chi connectivity index (χ2n) is 3.43. The largest absolute Gasteiger partial charge is 0.411 e. The number of nitrogens with one attached hydrogen (secondary N) is 1. The first-order valence-corrected chi connectivity index (χ1v) is 5.35. The van der Waals surface area contributed by atoms with Crippen LogP contribution in [0.4, 0.5) is 13.2 Å². The second-order valence-corrected chi connectivity index (χ2v) is 3.43. The van der Waals surface area contributed by atoms with E-state index in [-0.39, 0.29) is 6.61 Å². The fourth-order valence-corrected chi connectivity index (χ4v) is 1.09. The van der Waals surface area contributed by atoms with Gasteiger partial charge in [-0.25, -0.2) is 0 Å². The number of alkyl halides is 3. The summed E-state index contributed by atoms with van der Waals surface area (Å²) < 4.78 is 39.4. The molecule has 0 unspecified atom stereocenters. The summed E-state index contributed by atoms with van der Waals surface area (Å²) in [7, 11) is 0. The maximum Gasteiger partial charge on any atom is 0.411 e. The van der Waals surface area contributed by atoms with Gasteiger partial charge in [0.25, 0.3) is 0 Å². The van der Waals surface area contributed by atoms with Gasteiger partial charge in [0.15, 0.2) is 0 Å². The van der Waals surface area contributed by atoms with Crippen LogP contribution in [0.5, 0.6) is 0 Å². The molecule has 0 fully saturated rings. The van der Waals surface area contributed by atoms with Crippen molar-refractivity contribution in [3.8, 4) is 12.3 Å². The Labute approximate surface area is 94.5 Å². The molecule has 0 spiro atoms. The van der Waals surface area contributed by atoms with Crippen molar-refractivity contribution < 1.29 is 17.9 Å². The van der Waals surface area contributed by atoms with Gasteiger partial charge in [0.05, 0.1) is 0 Å². The Bertz CT molecular complexity index is 198. The first-order chi connectivity index (χ1) is 7.56. The molecule has 0 aliphatic heterocycles. The van der Waals surface area contributed by atoms with Gasteiger partial charge in [-0.2, -0.15) is 13.2 Å². The van der Waals surface area contributed by atoms with Crippen molar-refractivity contribution in [3.63, 3.8) is 0 Å². The number of unbranched alkanes of at least 4 members (excludes halogenated alkanes) is 2. The molecule has 0 aliphatic carbocycles. The highest BCUT2D eigenvalue weighted by atomic mass is 19.4. The third kappa shape index (κ3) is 13.3. The van der Waals surface area contributed by atoms with E-state index in [0.29, 0.717) is 13.0 Å². The van der Waals surface area contributed by atoms with Crippen molar-refractivity contribution in [2.45, 2.75) is 31.9 Å². The summed E-state index contributed by atoms with van der Waals surface area (Å²) in [5.74, 6) is 2.55. The molecule has 0 rings (SSSR count). The summed E-state index contributed by atoms with van der Waals surface area (Å²) in [6, 6.07) is 0. The zero-order chi connectivity index (χ0) is 12.3. The van der Waals surface area contributed by atoms with Gasteiger partial charge < -0.3 is 10.1 Å². The third-order valence-electron chi connectivity index (χ3n) is 1.83. The lowest BCUT2D eigenvalue weighted by Gasteiger charge is -2.07. The summed E-state index contributed by atoms with van der Waals surface area (Å²) >= 11 is 0. The van der Waals surface area contributed by atoms with Gasteiger partial charge in [-0.3, -0.25) is 0 Å². The molecule has 0 radical (unpaired) electrons. The average molecular weight is 237 g/mol. The van der Waals surface area contributed by atoms with E-state index in [1.54, 1.807) is 0 Å². The quantitative estimate of drug-likeness (QED) is 0.491. The van der Waals surface area contributed by atoms with E-state index in [1.807, 2.05) is 0 Å². The van der Waals surface area contributed by atoms with Crippen LogP contribution in [-0.4, -0.2) is 32.5 Å². The van der Waals surface area contributed by atoms with E-state index >= 15 is 0 Å². The Morgan fingerprint density at radius 2 is 1.81 bits per heavy atom. The number of hydrogen-bond acceptors (Lipinski definition) is 2. The highest BCUT2D eigenvalue weighted by Gasteiger charge is 2.26. The van der Waals surface area contributed by atoms with Crippen molar-refractivity contribution in [2.75, 3.05) is 26.3 Å². The Kier molecular flexibility index (Phi) is 9.06. The highest BCUT2D eigenvalue weighted by Crippen LogP contribution is 2.14. The lowest BCUT2D eigenvalue weighted by Crippen LogP contribution is -2.21. The van der Waals surface area contributed by atoms with Gasteiger partial charge in [-0.15, -0.1) is 12.3 Å². The van der Waals surface area contributed by atoms with Gasteiger partial charge in [-0.1, -0.05) is 0 Å². The van der Waals surface area contributed by atoms with E-state index in [4.69, 9.17) is 6.42 Å². The van der Waals surface area contributed by atoms with Crippen molar-refractivity contribution >= 4 is 0 Å². The molecular weight excluding hydrogens is 219 g/mol. The predicted octanol–water partition coefficient (Wildman–Crippen LogP) is 2.35. The number of rotatable bonds is 9. The zero-order valence-electron chi connectivity index (χ0n) is 9.28. The standard InChI is InChI=1S/C11H18F3NO/c1-2-3-4-5-7-15-8-6-9-16-10-11(12,13)14/h1,15H,3-10H2. The van der Waals surface area contributed by atoms with Crippen LogP contribution in [0.1, 0.15) is 25.7 Å². The first-order valence-electron chi connectivity index (χ1n) is 5.35. The van der Waals surface area contributed by atoms with Crippen LogP contribution in [0, 0.1) is 12.3 Å². The monoisotopic (exact) mass is 237 g/mol. The molecule has 0 aromatic rings. The molecule has 1 N–H and O–H groups in total. The van der Waals surface area contributed by atoms with E-state index < -0.39 is 12.8 Å². The van der Waals surface area contributed by atoms with E-state index in [9.17, 15) is 13.2 Å². The smallest absolute Gasteiger partial charge is 0.372 e. The Balaban J connectivity index is 3.02. The number of terminal acetylenes is 1. The van der Waals surface area contributed by atoms with Gasteiger partial charge >= 0.3 is 6.18 Å². The molecule has 16 heavy (non-hydrogen) atoms. The minimum Gasteiger partial charge on any atom is -0.372 e. The second kappa shape index (κ2) is 9.49. The average Bonchev–Trinajstić information content (AvgIpc) is 2.19. The molecule has 0 atom stereocenters. The molecule has 0 saturated carbocycles. The minimum atomic E-state index is -4.22. The van der Waals surface area contributed by atoms with E-state index in [1.165, 1.54) is 0 Å². The molecule has 0 saturated heterocycles. The SMILES string of the molecule is C#CCCCCNCCCOCC(F)(F)F. The molecule has 94 valence electrons. The zero-order valence-corrected chi connectivity index (χ0v) is 9.28. The van der Waals surface area contributed by atoms with Crippen LogP contribution >= 0.6 is 0 Å².